The van der Waals surface area contributed by atoms with E-state index in [0.717, 1.165) is 10.0 Å². The Balaban J connectivity index is 2.86. The third-order valence-corrected chi connectivity index (χ3v) is 3.62. The molecule has 0 aromatic heterocycles. The molecule has 118 valence electrons. The van der Waals surface area contributed by atoms with Gasteiger partial charge in [0.2, 0.25) is 0 Å². The van der Waals surface area contributed by atoms with Gasteiger partial charge in [-0.1, -0.05) is 6.92 Å². The minimum atomic E-state index is -0.784. The molecule has 0 spiro atoms. The van der Waals surface area contributed by atoms with Crippen LogP contribution in [0.4, 0.5) is 0 Å². The van der Waals surface area contributed by atoms with E-state index in [4.69, 9.17) is 14.6 Å². The Hall–Kier alpha value is -1.27. The third kappa shape index (κ3) is 5.21. The lowest BCUT2D eigenvalue weighted by atomic mass is 10.1. The van der Waals surface area contributed by atoms with Gasteiger partial charge in [0.15, 0.2) is 11.5 Å². The van der Waals surface area contributed by atoms with Gasteiger partial charge in [-0.15, -0.1) is 0 Å². The van der Waals surface area contributed by atoms with Gasteiger partial charge in [0.1, 0.15) is 0 Å². The summed E-state index contributed by atoms with van der Waals surface area (Å²) in [6, 6.07) is 3.89. The highest BCUT2D eigenvalue weighted by Crippen LogP contribution is 2.36. The van der Waals surface area contributed by atoms with Crippen molar-refractivity contribution in [3.63, 3.8) is 0 Å². The number of aliphatic carboxylic acids is 1. The van der Waals surface area contributed by atoms with Crippen LogP contribution in [0, 0.1) is 5.92 Å². The number of hydrogen-bond acceptors (Lipinski definition) is 4. The third-order valence-electron chi connectivity index (χ3n) is 3.03. The molecular weight excluding hydrogens is 338 g/mol. The Bertz CT molecular complexity index is 493. The summed E-state index contributed by atoms with van der Waals surface area (Å²) in [4.78, 5) is 12.9. The van der Waals surface area contributed by atoms with Gasteiger partial charge in [-0.05, 0) is 47.6 Å². The molecule has 1 aromatic carbocycles. The van der Waals surface area contributed by atoms with E-state index < -0.39 is 11.9 Å². The minimum absolute atomic E-state index is 0.400. The average Bonchev–Trinajstić information content (AvgIpc) is 2.38. The number of carbonyl (C=O) groups is 1. The molecule has 6 heteroatoms. The largest absolute Gasteiger partial charge is 0.492 e. The Labute approximate surface area is 134 Å². The first-order chi connectivity index (χ1) is 9.88. The normalized spacial score (nSPS) is 12.3. The first kappa shape index (κ1) is 17.8. The number of benzene rings is 1. The standard InChI is InChI=1S/C15H22BrNO4/c1-5-21-13-7-11(6-12(16)14(13)20-4)9-17(3)8-10(2)15(18)19/h6-7,10H,5,8-9H2,1-4H3,(H,18,19). The molecule has 0 fully saturated rings. The number of carboxylic acids is 1. The van der Waals surface area contributed by atoms with E-state index >= 15 is 0 Å². The van der Waals surface area contributed by atoms with Gasteiger partial charge in [0.25, 0.3) is 0 Å². The number of hydrogen-bond donors (Lipinski definition) is 1. The quantitative estimate of drug-likeness (QED) is 0.772. The van der Waals surface area contributed by atoms with E-state index in [1.165, 1.54) is 0 Å². The van der Waals surface area contributed by atoms with E-state index in [2.05, 4.69) is 15.9 Å². The van der Waals surface area contributed by atoms with E-state index in [9.17, 15) is 4.79 Å². The van der Waals surface area contributed by atoms with Crippen LogP contribution >= 0.6 is 15.9 Å². The predicted octanol–water partition coefficient (Wildman–Crippen LogP) is 3.01. The summed E-state index contributed by atoms with van der Waals surface area (Å²) in [5.74, 6) is 0.169. The summed E-state index contributed by atoms with van der Waals surface area (Å²) in [5, 5.41) is 8.95. The zero-order valence-electron chi connectivity index (χ0n) is 12.9. The molecule has 0 aliphatic carbocycles. The monoisotopic (exact) mass is 359 g/mol. The second-order valence-electron chi connectivity index (χ2n) is 4.98. The summed E-state index contributed by atoms with van der Waals surface area (Å²) in [7, 11) is 3.50. The van der Waals surface area contributed by atoms with Crippen molar-refractivity contribution in [1.29, 1.82) is 0 Å². The molecule has 1 atom stereocenters. The Morgan fingerprint density at radius 3 is 2.67 bits per heavy atom. The SMILES string of the molecule is CCOc1cc(CN(C)CC(C)C(=O)O)cc(Br)c1OC. The van der Waals surface area contributed by atoms with Gasteiger partial charge in [-0.25, -0.2) is 0 Å². The van der Waals surface area contributed by atoms with Crippen molar-refractivity contribution in [2.75, 3.05) is 27.3 Å². The van der Waals surface area contributed by atoms with Crippen LogP contribution in [0.15, 0.2) is 16.6 Å². The minimum Gasteiger partial charge on any atom is -0.492 e. The topological polar surface area (TPSA) is 59.0 Å². The van der Waals surface area contributed by atoms with Crippen molar-refractivity contribution in [3.05, 3.63) is 22.2 Å². The molecule has 1 N–H and O–H groups in total. The van der Waals surface area contributed by atoms with Crippen LogP contribution in [0.2, 0.25) is 0 Å². The van der Waals surface area contributed by atoms with Gasteiger partial charge in [0, 0.05) is 13.1 Å². The van der Waals surface area contributed by atoms with Crippen molar-refractivity contribution in [1.82, 2.24) is 4.90 Å². The fourth-order valence-corrected chi connectivity index (χ4v) is 2.75. The number of carboxylic acid groups (broad SMARTS) is 1. The van der Waals surface area contributed by atoms with Gasteiger partial charge < -0.3 is 19.5 Å². The van der Waals surface area contributed by atoms with Gasteiger partial charge in [-0.3, -0.25) is 4.79 Å². The predicted molar refractivity (Wildman–Crippen MR) is 85.0 cm³/mol. The lowest BCUT2D eigenvalue weighted by molar-refractivity contribution is -0.141. The molecule has 0 aliphatic heterocycles. The number of methoxy groups -OCH3 is 1. The molecule has 1 aromatic rings. The zero-order chi connectivity index (χ0) is 16.0. The lowest BCUT2D eigenvalue weighted by Crippen LogP contribution is -2.28. The van der Waals surface area contributed by atoms with Crippen molar-refractivity contribution >= 4 is 21.9 Å². The van der Waals surface area contributed by atoms with Crippen LogP contribution in [-0.4, -0.2) is 43.3 Å². The molecule has 0 bridgehead atoms. The van der Waals surface area contributed by atoms with Crippen LogP contribution in [-0.2, 0) is 11.3 Å². The maximum absolute atomic E-state index is 10.9. The molecule has 0 heterocycles. The second-order valence-corrected chi connectivity index (χ2v) is 5.83. The van der Waals surface area contributed by atoms with Crippen LogP contribution in [0.5, 0.6) is 11.5 Å². The van der Waals surface area contributed by atoms with E-state index in [-0.39, 0.29) is 0 Å². The molecule has 0 saturated heterocycles. The fraction of sp³-hybridized carbons (Fsp3) is 0.533. The average molecular weight is 360 g/mol. The van der Waals surface area contributed by atoms with Crippen LogP contribution < -0.4 is 9.47 Å². The van der Waals surface area contributed by atoms with Gasteiger partial charge >= 0.3 is 5.97 Å². The highest BCUT2D eigenvalue weighted by molar-refractivity contribution is 9.10. The highest BCUT2D eigenvalue weighted by Gasteiger charge is 2.16. The van der Waals surface area contributed by atoms with E-state index in [1.54, 1.807) is 14.0 Å². The lowest BCUT2D eigenvalue weighted by Gasteiger charge is -2.20. The van der Waals surface area contributed by atoms with E-state index in [1.807, 2.05) is 31.0 Å². The molecule has 0 radical (unpaired) electrons. The summed E-state index contributed by atoms with van der Waals surface area (Å²) in [6.45, 7) is 5.30. The summed E-state index contributed by atoms with van der Waals surface area (Å²) in [5.41, 5.74) is 1.03. The second kappa shape index (κ2) is 8.24. The summed E-state index contributed by atoms with van der Waals surface area (Å²) < 4.78 is 11.7. The zero-order valence-corrected chi connectivity index (χ0v) is 14.4. The first-order valence-corrected chi connectivity index (χ1v) is 7.58. The molecule has 1 rings (SSSR count). The molecule has 0 aliphatic rings. The first-order valence-electron chi connectivity index (χ1n) is 6.79. The fourth-order valence-electron chi connectivity index (χ4n) is 2.10. The van der Waals surface area contributed by atoms with Crippen molar-refractivity contribution in [2.24, 2.45) is 5.92 Å². The maximum atomic E-state index is 10.9. The molecule has 0 amide bonds. The summed E-state index contributed by atoms with van der Waals surface area (Å²) >= 11 is 3.47. The van der Waals surface area contributed by atoms with Crippen molar-refractivity contribution in [3.8, 4) is 11.5 Å². The molecule has 1 unspecified atom stereocenters. The molecule has 0 saturated carbocycles. The summed E-state index contributed by atoms with van der Waals surface area (Å²) in [6.07, 6.45) is 0. The van der Waals surface area contributed by atoms with Crippen LogP contribution in [0.3, 0.4) is 0 Å². The Kier molecular flexibility index (Phi) is 6.98. The number of rotatable bonds is 8. The number of nitrogens with zero attached hydrogens (tertiary/aromatic N) is 1. The molecule has 5 nitrogen and oxygen atoms in total. The van der Waals surface area contributed by atoms with E-state index in [0.29, 0.717) is 31.2 Å². The van der Waals surface area contributed by atoms with Crippen molar-refractivity contribution in [2.45, 2.75) is 20.4 Å². The van der Waals surface area contributed by atoms with Gasteiger partial charge in [-0.2, -0.15) is 0 Å². The highest BCUT2D eigenvalue weighted by atomic mass is 79.9. The van der Waals surface area contributed by atoms with Gasteiger partial charge in [0.05, 0.1) is 24.1 Å². The Morgan fingerprint density at radius 2 is 2.14 bits per heavy atom. The number of halogens is 1. The molecular formula is C15H22BrNO4. The molecule has 21 heavy (non-hydrogen) atoms. The number of ether oxygens (including phenoxy) is 2. The smallest absolute Gasteiger partial charge is 0.307 e. The van der Waals surface area contributed by atoms with Crippen LogP contribution in [0.25, 0.3) is 0 Å². The van der Waals surface area contributed by atoms with Crippen molar-refractivity contribution < 1.29 is 19.4 Å². The Morgan fingerprint density at radius 1 is 1.48 bits per heavy atom. The van der Waals surface area contributed by atoms with Crippen LogP contribution in [0.1, 0.15) is 19.4 Å². The maximum Gasteiger partial charge on any atom is 0.307 e.